The van der Waals surface area contributed by atoms with Gasteiger partial charge in [-0.2, -0.15) is 0 Å². The van der Waals surface area contributed by atoms with Crippen molar-refractivity contribution >= 4 is 0 Å². The van der Waals surface area contributed by atoms with Gasteiger partial charge in [0.05, 0.1) is 0 Å². The van der Waals surface area contributed by atoms with Crippen molar-refractivity contribution in [2.75, 3.05) is 0 Å². The van der Waals surface area contributed by atoms with Crippen LogP contribution < -0.4 is 0 Å². The molecule has 0 aliphatic rings. The molecule has 1 aromatic rings. The van der Waals surface area contributed by atoms with Crippen molar-refractivity contribution in [3.05, 3.63) is 34.4 Å². The van der Waals surface area contributed by atoms with Crippen molar-refractivity contribution in [2.24, 2.45) is 0 Å². The zero-order valence-electron chi connectivity index (χ0n) is 10.1. The average Bonchev–Trinajstić information content (AvgIpc) is 2.10. The lowest BCUT2D eigenvalue weighted by Crippen LogP contribution is -2.00. The molecule has 0 nitrogen and oxygen atoms in total. The molecule has 0 saturated carbocycles. The Morgan fingerprint density at radius 1 is 1.14 bits per heavy atom. The second kappa shape index (κ2) is 4.63. The van der Waals surface area contributed by atoms with Crippen LogP contribution in [0.3, 0.4) is 0 Å². The van der Waals surface area contributed by atoms with Gasteiger partial charge < -0.3 is 0 Å². The predicted octanol–water partition coefficient (Wildman–Crippen LogP) is 4.38. The van der Waals surface area contributed by atoms with E-state index in [2.05, 4.69) is 46.8 Å². The lowest BCUT2D eigenvalue weighted by atomic mass is 9.89. The molecule has 0 aliphatic carbocycles. The molecule has 0 amide bonds. The number of aryl methyl sites for hydroxylation is 2. The van der Waals surface area contributed by atoms with Crippen LogP contribution in [0.5, 0.6) is 0 Å². The zero-order valence-corrected chi connectivity index (χ0v) is 10.1. The molecule has 0 spiro atoms. The smallest absolute Gasteiger partial charge is 0.0213 e. The van der Waals surface area contributed by atoms with Crippen LogP contribution >= 0.6 is 0 Å². The third-order valence-electron chi connectivity index (χ3n) is 2.94. The van der Waals surface area contributed by atoms with Gasteiger partial charge in [-0.1, -0.05) is 39.3 Å². The third kappa shape index (κ3) is 2.17. The van der Waals surface area contributed by atoms with Crippen LogP contribution in [0.15, 0.2) is 12.1 Å². The topological polar surface area (TPSA) is 0 Å². The van der Waals surface area contributed by atoms with Gasteiger partial charge in [0, 0.05) is 0 Å². The summed E-state index contributed by atoms with van der Waals surface area (Å²) >= 11 is 0. The Labute approximate surface area is 88.4 Å². The Balaban J connectivity index is 3.19. The highest BCUT2D eigenvalue weighted by Gasteiger charge is 2.09. The van der Waals surface area contributed by atoms with Crippen LogP contribution in [0.2, 0.25) is 0 Å². The minimum atomic E-state index is 0.645. The summed E-state index contributed by atoms with van der Waals surface area (Å²) < 4.78 is 0. The predicted molar refractivity (Wildman–Crippen MR) is 64.0 cm³/mol. The first-order valence-electron chi connectivity index (χ1n) is 5.66. The van der Waals surface area contributed by atoms with Crippen LogP contribution in [-0.2, 0) is 6.42 Å². The molecule has 1 rings (SSSR count). The average molecular weight is 190 g/mol. The van der Waals surface area contributed by atoms with Crippen LogP contribution in [0.1, 0.15) is 55.4 Å². The Bertz CT molecular complexity index is 308. The molecular weight excluding hydrogens is 168 g/mol. The van der Waals surface area contributed by atoms with E-state index in [1.165, 1.54) is 29.5 Å². The van der Waals surface area contributed by atoms with Gasteiger partial charge in [0.2, 0.25) is 0 Å². The molecule has 78 valence electrons. The van der Waals surface area contributed by atoms with E-state index in [1.54, 1.807) is 5.56 Å². The van der Waals surface area contributed by atoms with E-state index in [4.69, 9.17) is 0 Å². The molecule has 1 aromatic carbocycles. The normalized spacial score (nSPS) is 11.0. The number of rotatable bonds is 3. The quantitative estimate of drug-likeness (QED) is 0.663. The van der Waals surface area contributed by atoms with Crippen LogP contribution in [0, 0.1) is 13.8 Å². The van der Waals surface area contributed by atoms with Crippen molar-refractivity contribution in [1.82, 2.24) is 0 Å². The highest BCUT2D eigenvalue weighted by Crippen LogP contribution is 2.26. The minimum Gasteiger partial charge on any atom is -0.0651 e. The fourth-order valence-corrected chi connectivity index (χ4v) is 2.34. The SMILES string of the molecule is CCCc1ccc(C)c(C(C)C)c1C. The number of benzene rings is 1. The van der Waals surface area contributed by atoms with Crippen molar-refractivity contribution < 1.29 is 0 Å². The van der Waals surface area contributed by atoms with E-state index in [0.717, 1.165) is 0 Å². The molecule has 0 bridgehead atoms. The lowest BCUT2D eigenvalue weighted by molar-refractivity contribution is 0.830. The molecular formula is C14H22. The second-order valence-corrected chi connectivity index (χ2v) is 4.48. The van der Waals surface area contributed by atoms with Gasteiger partial charge in [-0.05, 0) is 48.4 Å². The van der Waals surface area contributed by atoms with Crippen LogP contribution in [0.25, 0.3) is 0 Å². The summed E-state index contributed by atoms with van der Waals surface area (Å²) in [5.41, 5.74) is 6.04. The van der Waals surface area contributed by atoms with E-state index in [0.29, 0.717) is 5.92 Å². The molecule has 0 radical (unpaired) electrons. The molecule has 0 fully saturated rings. The largest absolute Gasteiger partial charge is 0.0651 e. The van der Waals surface area contributed by atoms with Crippen molar-refractivity contribution in [3.63, 3.8) is 0 Å². The highest BCUT2D eigenvalue weighted by atomic mass is 14.1. The lowest BCUT2D eigenvalue weighted by Gasteiger charge is -2.16. The summed E-state index contributed by atoms with van der Waals surface area (Å²) in [4.78, 5) is 0. The van der Waals surface area contributed by atoms with E-state index < -0.39 is 0 Å². The molecule has 0 atom stereocenters. The van der Waals surface area contributed by atoms with Gasteiger partial charge in [0.15, 0.2) is 0 Å². The molecule has 14 heavy (non-hydrogen) atoms. The van der Waals surface area contributed by atoms with Crippen molar-refractivity contribution in [3.8, 4) is 0 Å². The summed E-state index contributed by atoms with van der Waals surface area (Å²) in [6.45, 7) is 11.3. The summed E-state index contributed by atoms with van der Waals surface area (Å²) in [5, 5.41) is 0. The number of hydrogen-bond acceptors (Lipinski definition) is 0. The monoisotopic (exact) mass is 190 g/mol. The first kappa shape index (κ1) is 11.3. The molecule has 0 aromatic heterocycles. The maximum Gasteiger partial charge on any atom is -0.0213 e. The molecule has 0 unspecified atom stereocenters. The van der Waals surface area contributed by atoms with E-state index in [1.807, 2.05) is 0 Å². The Hall–Kier alpha value is -0.780. The summed E-state index contributed by atoms with van der Waals surface area (Å²) in [7, 11) is 0. The van der Waals surface area contributed by atoms with Crippen molar-refractivity contribution in [2.45, 2.75) is 53.4 Å². The van der Waals surface area contributed by atoms with E-state index in [-0.39, 0.29) is 0 Å². The molecule has 0 aliphatic heterocycles. The van der Waals surface area contributed by atoms with Crippen LogP contribution in [-0.4, -0.2) is 0 Å². The Morgan fingerprint density at radius 2 is 1.79 bits per heavy atom. The van der Waals surface area contributed by atoms with E-state index >= 15 is 0 Å². The van der Waals surface area contributed by atoms with Gasteiger partial charge in [0.25, 0.3) is 0 Å². The first-order chi connectivity index (χ1) is 6.57. The van der Waals surface area contributed by atoms with Gasteiger partial charge in [-0.3, -0.25) is 0 Å². The second-order valence-electron chi connectivity index (χ2n) is 4.48. The van der Waals surface area contributed by atoms with Gasteiger partial charge >= 0.3 is 0 Å². The molecule has 0 N–H and O–H groups in total. The van der Waals surface area contributed by atoms with Gasteiger partial charge in [-0.25, -0.2) is 0 Å². The third-order valence-corrected chi connectivity index (χ3v) is 2.94. The molecule has 0 saturated heterocycles. The zero-order chi connectivity index (χ0) is 10.7. The summed E-state index contributed by atoms with van der Waals surface area (Å²) in [5.74, 6) is 0.645. The Morgan fingerprint density at radius 3 is 2.29 bits per heavy atom. The number of hydrogen-bond donors (Lipinski definition) is 0. The Kier molecular flexibility index (Phi) is 3.74. The molecule has 0 heteroatoms. The standard InChI is InChI=1S/C14H22/c1-6-7-13-9-8-11(4)14(10(2)3)12(13)5/h8-10H,6-7H2,1-5H3. The van der Waals surface area contributed by atoms with E-state index in [9.17, 15) is 0 Å². The first-order valence-corrected chi connectivity index (χ1v) is 5.66. The van der Waals surface area contributed by atoms with Crippen molar-refractivity contribution in [1.29, 1.82) is 0 Å². The minimum absolute atomic E-state index is 0.645. The van der Waals surface area contributed by atoms with Gasteiger partial charge in [-0.15, -0.1) is 0 Å². The maximum atomic E-state index is 2.29. The fourth-order valence-electron chi connectivity index (χ4n) is 2.34. The highest BCUT2D eigenvalue weighted by molar-refractivity contribution is 5.41. The summed E-state index contributed by atoms with van der Waals surface area (Å²) in [6.07, 6.45) is 2.45. The maximum absolute atomic E-state index is 2.29. The summed E-state index contributed by atoms with van der Waals surface area (Å²) in [6, 6.07) is 4.56. The molecule has 0 heterocycles. The van der Waals surface area contributed by atoms with Gasteiger partial charge in [0.1, 0.15) is 0 Å². The fraction of sp³-hybridized carbons (Fsp3) is 0.571. The van der Waals surface area contributed by atoms with Crippen LogP contribution in [0.4, 0.5) is 0 Å².